The van der Waals surface area contributed by atoms with Crippen LogP contribution in [0, 0.1) is 0 Å². The lowest BCUT2D eigenvalue weighted by Gasteiger charge is -2.22. The second-order valence-corrected chi connectivity index (χ2v) is 8.87. The van der Waals surface area contributed by atoms with E-state index in [2.05, 4.69) is 23.2 Å². The zero-order valence-corrected chi connectivity index (χ0v) is 17.1. The van der Waals surface area contributed by atoms with Crippen LogP contribution in [-0.2, 0) is 23.1 Å². The van der Waals surface area contributed by atoms with Gasteiger partial charge in [-0.1, -0.05) is 30.8 Å². The van der Waals surface area contributed by atoms with Gasteiger partial charge in [0.05, 0.1) is 11.4 Å². The first-order chi connectivity index (χ1) is 13.0. The zero-order valence-electron chi connectivity index (χ0n) is 15.4. The van der Waals surface area contributed by atoms with E-state index in [1.807, 2.05) is 46.5 Å². The van der Waals surface area contributed by atoms with Crippen molar-refractivity contribution in [3.8, 4) is 0 Å². The first-order valence-corrected chi connectivity index (χ1v) is 10.7. The van der Waals surface area contributed by atoms with Crippen molar-refractivity contribution in [1.82, 2.24) is 14.8 Å². The summed E-state index contributed by atoms with van der Waals surface area (Å²) in [6, 6.07) is 8.06. The molecule has 0 saturated carbocycles. The highest BCUT2D eigenvalue weighted by atomic mass is 32.2. The third-order valence-corrected chi connectivity index (χ3v) is 6.63. The third kappa shape index (κ3) is 4.84. The van der Waals surface area contributed by atoms with Crippen LogP contribution in [0.5, 0.6) is 0 Å². The van der Waals surface area contributed by atoms with Gasteiger partial charge in [-0.25, -0.2) is 0 Å². The van der Waals surface area contributed by atoms with Crippen molar-refractivity contribution >= 4 is 41.0 Å². The van der Waals surface area contributed by atoms with Gasteiger partial charge < -0.3 is 15.2 Å². The Kier molecular flexibility index (Phi) is 6.43. The van der Waals surface area contributed by atoms with Crippen molar-refractivity contribution in [3.63, 3.8) is 0 Å². The van der Waals surface area contributed by atoms with Gasteiger partial charge in [0.2, 0.25) is 11.8 Å². The number of hydrogen-bond donors (Lipinski definition) is 1. The first kappa shape index (κ1) is 19.8. The maximum absolute atomic E-state index is 12.9. The summed E-state index contributed by atoms with van der Waals surface area (Å²) in [5.74, 6) is 0.669. The van der Waals surface area contributed by atoms with Crippen LogP contribution in [0.1, 0.15) is 25.6 Å². The van der Waals surface area contributed by atoms with Gasteiger partial charge in [-0.3, -0.25) is 9.59 Å². The third-order valence-electron chi connectivity index (χ3n) is 4.39. The van der Waals surface area contributed by atoms with Gasteiger partial charge in [0, 0.05) is 36.6 Å². The number of benzene rings is 1. The van der Waals surface area contributed by atoms with E-state index in [1.54, 1.807) is 0 Å². The monoisotopic (exact) mass is 405 g/mol. The molecule has 0 fully saturated rings. The van der Waals surface area contributed by atoms with Crippen molar-refractivity contribution < 1.29 is 9.59 Å². The van der Waals surface area contributed by atoms with Crippen molar-refractivity contribution in [2.75, 3.05) is 17.2 Å². The van der Waals surface area contributed by atoms with E-state index in [0.29, 0.717) is 29.2 Å². The molecule has 0 saturated heterocycles. The SMILES string of the molecule is CC1CCN(C(=O)CSc2nnc(CCC(N)=O)n2C)c2ccccc2S1. The Morgan fingerprint density at radius 2 is 2.11 bits per heavy atom. The number of rotatable bonds is 6. The lowest BCUT2D eigenvalue weighted by molar-refractivity contribution is -0.118. The van der Waals surface area contributed by atoms with Crippen LogP contribution in [0.25, 0.3) is 0 Å². The predicted octanol–water partition coefficient (Wildman–Crippen LogP) is 2.24. The second-order valence-electron chi connectivity index (χ2n) is 6.44. The molecular weight excluding hydrogens is 382 g/mol. The van der Waals surface area contributed by atoms with E-state index in [0.717, 1.165) is 17.0 Å². The van der Waals surface area contributed by atoms with Gasteiger partial charge in [-0.15, -0.1) is 22.0 Å². The summed E-state index contributed by atoms with van der Waals surface area (Å²) < 4.78 is 1.81. The molecule has 2 aromatic rings. The summed E-state index contributed by atoms with van der Waals surface area (Å²) >= 11 is 3.18. The van der Waals surface area contributed by atoms with Gasteiger partial charge in [-0.2, -0.15) is 0 Å². The molecule has 0 bridgehead atoms. The Bertz CT molecular complexity index is 839. The van der Waals surface area contributed by atoms with E-state index >= 15 is 0 Å². The summed E-state index contributed by atoms with van der Waals surface area (Å²) in [6.07, 6.45) is 1.63. The quantitative estimate of drug-likeness (QED) is 0.741. The number of primary amides is 1. The van der Waals surface area contributed by atoms with Crippen LogP contribution >= 0.6 is 23.5 Å². The largest absolute Gasteiger partial charge is 0.370 e. The molecule has 2 N–H and O–H groups in total. The standard InChI is InChI=1S/C18H23N5O2S2/c1-12-9-10-23(13-5-3-4-6-14(13)27-12)17(25)11-26-18-21-20-16(22(18)2)8-7-15(19)24/h3-6,12H,7-11H2,1-2H3,(H2,19,24). The van der Waals surface area contributed by atoms with Crippen LogP contribution in [0.3, 0.4) is 0 Å². The van der Waals surface area contributed by atoms with Crippen LogP contribution in [0.15, 0.2) is 34.3 Å². The minimum atomic E-state index is -0.366. The van der Waals surface area contributed by atoms with Crippen molar-refractivity contribution in [2.45, 2.75) is 41.5 Å². The smallest absolute Gasteiger partial charge is 0.237 e. The highest BCUT2D eigenvalue weighted by Gasteiger charge is 2.24. The molecule has 27 heavy (non-hydrogen) atoms. The Balaban J connectivity index is 1.67. The Morgan fingerprint density at radius 1 is 1.33 bits per heavy atom. The predicted molar refractivity (Wildman–Crippen MR) is 108 cm³/mol. The number of aryl methyl sites for hydroxylation is 1. The van der Waals surface area contributed by atoms with Crippen molar-refractivity contribution in [3.05, 3.63) is 30.1 Å². The summed E-state index contributed by atoms with van der Waals surface area (Å²) in [5, 5.41) is 9.37. The average molecular weight is 406 g/mol. The minimum absolute atomic E-state index is 0.0591. The highest BCUT2D eigenvalue weighted by molar-refractivity contribution is 8.00. The van der Waals surface area contributed by atoms with Gasteiger partial charge in [0.25, 0.3) is 0 Å². The summed E-state index contributed by atoms with van der Waals surface area (Å²) in [6.45, 7) is 2.91. The van der Waals surface area contributed by atoms with E-state index in [9.17, 15) is 9.59 Å². The molecule has 0 radical (unpaired) electrons. The summed E-state index contributed by atoms with van der Waals surface area (Å²) in [5.41, 5.74) is 6.17. The van der Waals surface area contributed by atoms with Gasteiger partial charge in [-0.05, 0) is 18.6 Å². The summed E-state index contributed by atoms with van der Waals surface area (Å²) in [4.78, 5) is 26.9. The first-order valence-electron chi connectivity index (χ1n) is 8.81. The molecule has 7 nitrogen and oxygen atoms in total. The van der Waals surface area contributed by atoms with Gasteiger partial charge in [0.1, 0.15) is 5.82 Å². The molecule has 1 aromatic heterocycles. The molecule has 0 spiro atoms. The highest BCUT2D eigenvalue weighted by Crippen LogP contribution is 2.37. The molecule has 9 heteroatoms. The molecule has 1 aliphatic rings. The second kappa shape index (κ2) is 8.79. The molecule has 1 unspecified atom stereocenters. The van der Waals surface area contributed by atoms with Crippen molar-refractivity contribution in [1.29, 1.82) is 0 Å². The molecule has 1 aromatic carbocycles. The molecule has 1 aliphatic heterocycles. The van der Waals surface area contributed by atoms with Crippen LogP contribution < -0.4 is 10.6 Å². The number of para-hydroxylation sites is 1. The molecular formula is C18H23N5O2S2. The molecule has 2 heterocycles. The molecule has 144 valence electrons. The maximum Gasteiger partial charge on any atom is 0.237 e. The molecule has 3 rings (SSSR count). The van der Waals surface area contributed by atoms with Crippen LogP contribution in [0.4, 0.5) is 5.69 Å². The van der Waals surface area contributed by atoms with E-state index in [4.69, 9.17) is 5.73 Å². The molecule has 0 aliphatic carbocycles. The molecule has 1 atom stereocenters. The fourth-order valence-corrected chi connectivity index (χ4v) is 4.79. The van der Waals surface area contributed by atoms with E-state index in [-0.39, 0.29) is 24.0 Å². The Morgan fingerprint density at radius 3 is 2.89 bits per heavy atom. The fraction of sp³-hybridized carbons (Fsp3) is 0.444. The average Bonchev–Trinajstić information content (AvgIpc) is 2.89. The number of fused-ring (bicyclic) bond motifs is 1. The van der Waals surface area contributed by atoms with E-state index < -0.39 is 0 Å². The van der Waals surface area contributed by atoms with Crippen LogP contribution in [-0.4, -0.2) is 44.1 Å². The lowest BCUT2D eigenvalue weighted by Crippen LogP contribution is -2.33. The minimum Gasteiger partial charge on any atom is -0.370 e. The Hall–Kier alpha value is -2.00. The number of aromatic nitrogens is 3. The van der Waals surface area contributed by atoms with E-state index in [1.165, 1.54) is 11.8 Å². The molecule has 2 amide bonds. The number of anilines is 1. The lowest BCUT2D eigenvalue weighted by atomic mass is 10.2. The van der Waals surface area contributed by atoms with Crippen molar-refractivity contribution in [2.24, 2.45) is 12.8 Å². The van der Waals surface area contributed by atoms with Crippen LogP contribution in [0.2, 0.25) is 0 Å². The Labute approximate surface area is 167 Å². The topological polar surface area (TPSA) is 94.1 Å². The number of hydrogen-bond acceptors (Lipinski definition) is 6. The number of carbonyl (C=O) groups is 2. The van der Waals surface area contributed by atoms with Gasteiger partial charge in [0.15, 0.2) is 5.16 Å². The number of amides is 2. The number of carbonyl (C=O) groups excluding carboxylic acids is 2. The normalized spacial score (nSPS) is 16.7. The zero-order chi connectivity index (χ0) is 19.4. The number of thioether (sulfide) groups is 2. The summed E-state index contributed by atoms with van der Waals surface area (Å²) in [7, 11) is 1.84. The maximum atomic E-state index is 12.9. The van der Waals surface area contributed by atoms with Gasteiger partial charge >= 0.3 is 0 Å². The number of nitrogens with two attached hydrogens (primary N) is 1. The fourth-order valence-electron chi connectivity index (χ4n) is 2.87. The number of nitrogens with zero attached hydrogens (tertiary/aromatic N) is 4.